The number of primary amides is 1. The van der Waals surface area contributed by atoms with Crippen molar-refractivity contribution in [2.45, 2.75) is 31.4 Å². The van der Waals surface area contributed by atoms with E-state index in [1.807, 2.05) is 18.2 Å². The number of nitrogens with two attached hydrogens (primary N) is 1. The lowest BCUT2D eigenvalue weighted by Crippen LogP contribution is -2.68. The summed E-state index contributed by atoms with van der Waals surface area (Å²) in [4.78, 5) is 70.0. The van der Waals surface area contributed by atoms with E-state index in [-0.39, 0.29) is 37.2 Å². The number of phenolic OH excluding ortho intramolecular Hbond substituents is 1. The fraction of sp³-hybridized carbons (Fsp3) is 0.485. The predicted octanol–water partition coefficient (Wildman–Crippen LogP) is 0.112. The maximum atomic E-state index is 14.0. The Bertz CT molecular complexity index is 1600. The molecule has 2 aromatic carbocycles. The van der Waals surface area contributed by atoms with Gasteiger partial charge in [-0.05, 0) is 53.6 Å². The normalized spacial score (nSPS) is 28.8. The molecular formula is C33H37N3O9. The van der Waals surface area contributed by atoms with E-state index in [1.165, 1.54) is 6.07 Å². The van der Waals surface area contributed by atoms with E-state index in [0.717, 1.165) is 37.3 Å². The molecule has 1 heterocycles. The Morgan fingerprint density at radius 2 is 1.73 bits per heavy atom. The molecule has 3 fully saturated rings. The number of β-amino-alcohol motifs (C(OH)–C–C–N with tert-alkyl or cyclic N) is 1. The van der Waals surface area contributed by atoms with Crippen LogP contribution in [0.1, 0.15) is 34.3 Å². The highest BCUT2D eigenvalue weighted by Crippen LogP contribution is 2.51. The lowest BCUT2D eigenvalue weighted by molar-refractivity contribution is -0.175. The van der Waals surface area contributed by atoms with Crippen molar-refractivity contribution in [3.63, 3.8) is 0 Å². The Morgan fingerprint density at radius 3 is 2.40 bits per heavy atom. The minimum absolute atomic E-state index is 0.0340. The zero-order valence-electron chi connectivity index (χ0n) is 25.0. The first-order valence-electron chi connectivity index (χ1n) is 15.2. The van der Waals surface area contributed by atoms with E-state index >= 15 is 0 Å². The Balaban J connectivity index is 1.34. The second kappa shape index (κ2) is 11.8. The molecule has 2 saturated carbocycles. The van der Waals surface area contributed by atoms with Gasteiger partial charge < -0.3 is 25.8 Å². The first-order valence-corrected chi connectivity index (χ1v) is 15.2. The molecular weight excluding hydrogens is 582 g/mol. The van der Waals surface area contributed by atoms with Crippen molar-refractivity contribution in [2.75, 3.05) is 46.4 Å². The first kappa shape index (κ1) is 31.0. The molecule has 3 aliphatic carbocycles. The third-order valence-corrected chi connectivity index (χ3v) is 10.2. The third kappa shape index (κ3) is 5.05. The Kier molecular flexibility index (Phi) is 8.10. The molecule has 0 aromatic heterocycles. The molecule has 0 radical (unpaired) electrons. The maximum absolute atomic E-state index is 14.0. The van der Waals surface area contributed by atoms with E-state index in [4.69, 9.17) is 10.5 Å². The summed E-state index contributed by atoms with van der Waals surface area (Å²) in [6.07, 6.45) is -0.148. The number of piperazine rings is 1. The van der Waals surface area contributed by atoms with Gasteiger partial charge in [0.1, 0.15) is 11.5 Å². The molecule has 1 amide bonds. The molecule has 12 heteroatoms. The largest absolute Gasteiger partial charge is 0.507 e. The third-order valence-electron chi connectivity index (χ3n) is 10.2. The minimum atomic E-state index is -2.68. The standard InChI is InChI=1S/C33H37N3O9/c1-45-25-5-2-17(12-19(25)16-36-8-6-35(7-9-36)10-11-37)21-3-4-23(38)27-22(21)14-18-13-20-15-24(39)28(32(34)43)31(42)33(20,44)30(41)26(18)29(27)40/h2-5,12,18,20,26,28,37-38,44H,6-11,13-16H2,1H3,(H2,34,43)/t18-,20+,26?,28?,33+/m1/s1. The van der Waals surface area contributed by atoms with Gasteiger partial charge in [-0.15, -0.1) is 0 Å². The maximum Gasteiger partial charge on any atom is 0.235 e. The van der Waals surface area contributed by atoms with Crippen LogP contribution in [-0.2, 0) is 32.1 Å². The molecule has 238 valence electrons. The van der Waals surface area contributed by atoms with Crippen LogP contribution in [0.5, 0.6) is 11.5 Å². The van der Waals surface area contributed by atoms with Gasteiger partial charge in [-0.3, -0.25) is 33.8 Å². The van der Waals surface area contributed by atoms with Gasteiger partial charge in [0, 0.05) is 57.2 Å². The number of hydrogen-bond acceptors (Lipinski definition) is 11. The first-order chi connectivity index (χ1) is 21.5. The summed E-state index contributed by atoms with van der Waals surface area (Å²) in [6.45, 7) is 4.72. The van der Waals surface area contributed by atoms with Crippen molar-refractivity contribution in [3.05, 3.63) is 47.0 Å². The highest BCUT2D eigenvalue weighted by atomic mass is 16.5. The number of Topliss-reactive ketones (excluding diaryl/α,β-unsaturated/α-hetero) is 4. The summed E-state index contributed by atoms with van der Waals surface area (Å²) in [5.74, 6) is -9.65. The van der Waals surface area contributed by atoms with E-state index in [2.05, 4.69) is 9.80 Å². The number of carbonyl (C=O) groups is 5. The lowest BCUT2D eigenvalue weighted by Gasteiger charge is -2.48. The van der Waals surface area contributed by atoms with E-state index in [9.17, 15) is 39.3 Å². The van der Waals surface area contributed by atoms with Crippen molar-refractivity contribution in [2.24, 2.45) is 29.4 Å². The van der Waals surface area contributed by atoms with E-state index < -0.39 is 58.3 Å². The van der Waals surface area contributed by atoms with Crippen LogP contribution in [0.15, 0.2) is 30.3 Å². The van der Waals surface area contributed by atoms with Crippen LogP contribution in [0.4, 0.5) is 0 Å². The molecule has 1 aliphatic heterocycles. The SMILES string of the molecule is COc1ccc(-c2ccc(O)c3c2C[C@H]2C[C@H]4CC(=O)C(C(N)=O)C(=O)[C@@]4(O)C(=O)C2C3=O)cc1CN1CCN(CCO)CC1. The van der Waals surface area contributed by atoms with E-state index in [1.54, 1.807) is 13.2 Å². The highest BCUT2D eigenvalue weighted by molar-refractivity contribution is 6.31. The molecule has 0 spiro atoms. The van der Waals surface area contributed by atoms with Crippen LogP contribution in [0.2, 0.25) is 0 Å². The average molecular weight is 620 g/mol. The van der Waals surface area contributed by atoms with Crippen LogP contribution < -0.4 is 10.5 Å². The lowest BCUT2D eigenvalue weighted by atomic mass is 9.53. The molecule has 5 N–H and O–H groups in total. The summed E-state index contributed by atoms with van der Waals surface area (Å²) in [7, 11) is 1.60. The van der Waals surface area contributed by atoms with Crippen molar-refractivity contribution >= 4 is 29.0 Å². The number of ether oxygens (including phenoxy) is 1. The molecule has 2 unspecified atom stereocenters. The quantitative estimate of drug-likeness (QED) is 0.308. The van der Waals surface area contributed by atoms with Gasteiger partial charge in [0.25, 0.3) is 0 Å². The Hall–Kier alpha value is -3.97. The average Bonchev–Trinajstić information content (AvgIpc) is 3.00. The zero-order chi connectivity index (χ0) is 32.2. The molecule has 4 aliphatic rings. The van der Waals surface area contributed by atoms with Gasteiger partial charge >= 0.3 is 0 Å². The van der Waals surface area contributed by atoms with Crippen molar-refractivity contribution in [1.29, 1.82) is 0 Å². The molecule has 0 bridgehead atoms. The summed E-state index contributed by atoms with van der Waals surface area (Å²) < 4.78 is 5.66. The second-order valence-electron chi connectivity index (χ2n) is 12.6. The number of aromatic hydroxyl groups is 1. The number of fused-ring (bicyclic) bond motifs is 3. The Labute approximate surface area is 259 Å². The van der Waals surface area contributed by atoms with Crippen LogP contribution in [-0.4, -0.2) is 106 Å². The molecule has 2 aromatic rings. The number of aliphatic hydroxyl groups excluding tert-OH is 1. The number of nitrogens with zero attached hydrogens (tertiary/aromatic N) is 2. The summed E-state index contributed by atoms with van der Waals surface area (Å²) in [6, 6.07) is 8.85. The zero-order valence-corrected chi connectivity index (χ0v) is 25.0. The summed E-state index contributed by atoms with van der Waals surface area (Å²) >= 11 is 0. The van der Waals surface area contributed by atoms with Gasteiger partial charge in [-0.2, -0.15) is 0 Å². The van der Waals surface area contributed by atoms with Crippen molar-refractivity contribution in [3.8, 4) is 22.6 Å². The number of aliphatic hydroxyl groups is 2. The fourth-order valence-corrected chi connectivity index (χ4v) is 7.86. The van der Waals surface area contributed by atoms with Crippen LogP contribution in [0.25, 0.3) is 11.1 Å². The molecule has 5 atom stereocenters. The second-order valence-corrected chi connectivity index (χ2v) is 12.6. The Morgan fingerprint density at radius 1 is 1.02 bits per heavy atom. The van der Waals surface area contributed by atoms with E-state index in [0.29, 0.717) is 30.0 Å². The highest BCUT2D eigenvalue weighted by Gasteiger charge is 2.66. The minimum Gasteiger partial charge on any atom is -0.507 e. The summed E-state index contributed by atoms with van der Waals surface area (Å²) in [5.41, 5.74) is 5.53. The van der Waals surface area contributed by atoms with Crippen LogP contribution in [0.3, 0.4) is 0 Å². The molecule has 45 heavy (non-hydrogen) atoms. The number of hydrogen-bond donors (Lipinski definition) is 4. The van der Waals surface area contributed by atoms with Gasteiger partial charge in [-0.25, -0.2) is 0 Å². The van der Waals surface area contributed by atoms with Crippen molar-refractivity contribution < 1.29 is 44.0 Å². The number of carbonyl (C=O) groups excluding carboxylic acids is 5. The monoisotopic (exact) mass is 619 g/mol. The predicted molar refractivity (Wildman–Crippen MR) is 159 cm³/mol. The molecule has 1 saturated heterocycles. The van der Waals surface area contributed by atoms with Gasteiger partial charge in [-0.1, -0.05) is 12.1 Å². The van der Waals surface area contributed by atoms with Crippen LogP contribution >= 0.6 is 0 Å². The van der Waals surface area contributed by atoms with Crippen molar-refractivity contribution in [1.82, 2.24) is 9.80 Å². The number of benzene rings is 2. The fourth-order valence-electron chi connectivity index (χ4n) is 7.86. The van der Waals surface area contributed by atoms with Crippen LogP contribution in [0, 0.1) is 23.7 Å². The smallest absolute Gasteiger partial charge is 0.235 e. The topological polar surface area (TPSA) is 188 Å². The molecule has 12 nitrogen and oxygen atoms in total. The van der Waals surface area contributed by atoms with Gasteiger partial charge in [0.15, 0.2) is 34.7 Å². The number of amides is 1. The number of phenols is 1. The molecule has 6 rings (SSSR count). The number of methoxy groups -OCH3 is 1. The van der Waals surface area contributed by atoms with Gasteiger partial charge in [0.05, 0.1) is 25.2 Å². The van der Waals surface area contributed by atoms with Gasteiger partial charge in [0.2, 0.25) is 5.91 Å². The number of ketones is 4. The number of rotatable bonds is 7. The summed E-state index contributed by atoms with van der Waals surface area (Å²) in [5, 5.41) is 31.6.